The van der Waals surface area contributed by atoms with Crippen LogP contribution in [0.5, 0.6) is 11.5 Å². The Hall–Kier alpha value is -4.39. The summed E-state index contributed by atoms with van der Waals surface area (Å²) >= 11 is 0. The van der Waals surface area contributed by atoms with Crippen molar-refractivity contribution in [3.05, 3.63) is 95.1 Å². The molecule has 1 saturated heterocycles. The van der Waals surface area contributed by atoms with Crippen LogP contribution >= 0.6 is 0 Å². The summed E-state index contributed by atoms with van der Waals surface area (Å²) in [4.78, 5) is 44.4. The molecule has 1 fully saturated rings. The molecule has 186 valence electrons. The van der Waals surface area contributed by atoms with Crippen LogP contribution in [-0.2, 0) is 9.53 Å². The summed E-state index contributed by atoms with van der Waals surface area (Å²) in [7, 11) is 4.39. The minimum absolute atomic E-state index is 0.304. The Morgan fingerprint density at radius 1 is 0.865 bits per heavy atom. The van der Waals surface area contributed by atoms with E-state index >= 15 is 0 Å². The van der Waals surface area contributed by atoms with Gasteiger partial charge >= 0.3 is 5.97 Å². The van der Waals surface area contributed by atoms with Gasteiger partial charge in [0, 0.05) is 34.4 Å². The van der Waals surface area contributed by atoms with Crippen LogP contribution in [0.1, 0.15) is 37.8 Å². The second-order valence-electron chi connectivity index (χ2n) is 9.40. The van der Waals surface area contributed by atoms with Crippen LogP contribution in [0.3, 0.4) is 0 Å². The number of nitrogens with zero attached hydrogens (tertiary/aromatic N) is 1. The number of methoxy groups -OCH3 is 3. The quantitative estimate of drug-likeness (QED) is 0.394. The maximum absolute atomic E-state index is 14.5. The van der Waals surface area contributed by atoms with E-state index in [2.05, 4.69) is 0 Å². The van der Waals surface area contributed by atoms with Crippen molar-refractivity contribution in [2.24, 2.45) is 5.41 Å². The standard InChI is InChI=1S/C30H25NO6/c1-35-18-13-14-21(23(16-18)36-2)25-26(29(34)37-3)31-22-11-7-4-8-17(22)12-15-24(31)30(25)27(32)19-9-5-6-10-20(19)28(30)33/h4-16,24-26H,1-3H3/t24-,25+,26-/m1/s1. The first-order chi connectivity index (χ1) is 18.0. The molecule has 6 rings (SSSR count). The fourth-order valence-electron chi connectivity index (χ4n) is 6.43. The van der Waals surface area contributed by atoms with Crippen LogP contribution < -0.4 is 14.4 Å². The summed E-state index contributed by atoms with van der Waals surface area (Å²) in [6, 6.07) is 18.1. The van der Waals surface area contributed by atoms with Crippen LogP contribution in [0.4, 0.5) is 5.69 Å². The third-order valence-electron chi connectivity index (χ3n) is 7.93. The van der Waals surface area contributed by atoms with Gasteiger partial charge in [0.25, 0.3) is 0 Å². The highest BCUT2D eigenvalue weighted by Crippen LogP contribution is 2.61. The Balaban J connectivity index is 1.70. The highest BCUT2D eigenvalue weighted by atomic mass is 16.5. The second-order valence-corrected chi connectivity index (χ2v) is 9.40. The highest BCUT2D eigenvalue weighted by Gasteiger charge is 2.72. The zero-order valence-corrected chi connectivity index (χ0v) is 20.6. The predicted octanol–water partition coefficient (Wildman–Crippen LogP) is 4.31. The lowest BCUT2D eigenvalue weighted by molar-refractivity contribution is -0.142. The van der Waals surface area contributed by atoms with Gasteiger partial charge in [0.2, 0.25) is 0 Å². The van der Waals surface area contributed by atoms with Gasteiger partial charge in [-0.3, -0.25) is 9.59 Å². The molecule has 7 nitrogen and oxygen atoms in total. The zero-order valence-electron chi connectivity index (χ0n) is 20.6. The molecule has 0 saturated carbocycles. The minimum atomic E-state index is -1.60. The molecule has 37 heavy (non-hydrogen) atoms. The van der Waals surface area contributed by atoms with Crippen LogP contribution in [0.25, 0.3) is 6.08 Å². The first-order valence-corrected chi connectivity index (χ1v) is 12.0. The molecular weight excluding hydrogens is 470 g/mol. The number of carbonyl (C=O) groups is 3. The maximum atomic E-state index is 14.5. The topological polar surface area (TPSA) is 82.1 Å². The number of hydrogen-bond acceptors (Lipinski definition) is 7. The van der Waals surface area contributed by atoms with Gasteiger partial charge in [-0.1, -0.05) is 60.7 Å². The Morgan fingerprint density at radius 2 is 1.54 bits per heavy atom. The summed E-state index contributed by atoms with van der Waals surface area (Å²) < 4.78 is 16.5. The van der Waals surface area contributed by atoms with E-state index in [4.69, 9.17) is 14.2 Å². The molecule has 3 aromatic rings. The van der Waals surface area contributed by atoms with Crippen molar-refractivity contribution in [1.82, 2.24) is 0 Å². The predicted molar refractivity (Wildman–Crippen MR) is 137 cm³/mol. The van der Waals surface area contributed by atoms with E-state index in [0.717, 1.165) is 11.3 Å². The normalized spacial score (nSPS) is 22.5. The van der Waals surface area contributed by atoms with E-state index in [1.165, 1.54) is 14.2 Å². The molecule has 2 aliphatic heterocycles. The van der Waals surface area contributed by atoms with Gasteiger partial charge in [-0.05, 0) is 17.7 Å². The summed E-state index contributed by atoms with van der Waals surface area (Å²) in [5.41, 5.74) is 1.34. The van der Waals surface area contributed by atoms with Gasteiger partial charge in [0.05, 0.1) is 27.4 Å². The van der Waals surface area contributed by atoms with Crippen molar-refractivity contribution >= 4 is 29.3 Å². The number of fused-ring (bicyclic) bond motifs is 5. The van der Waals surface area contributed by atoms with Gasteiger partial charge in [0.1, 0.15) is 23.0 Å². The highest BCUT2D eigenvalue weighted by molar-refractivity contribution is 6.32. The van der Waals surface area contributed by atoms with E-state index < -0.39 is 29.4 Å². The Morgan fingerprint density at radius 3 is 2.19 bits per heavy atom. The van der Waals surface area contributed by atoms with E-state index in [1.807, 2.05) is 41.3 Å². The fourth-order valence-corrected chi connectivity index (χ4v) is 6.43. The summed E-state index contributed by atoms with van der Waals surface area (Å²) in [5.74, 6) is -1.06. The molecular formula is C30H25NO6. The van der Waals surface area contributed by atoms with Gasteiger partial charge in [-0.25, -0.2) is 4.79 Å². The Labute approximate surface area is 214 Å². The zero-order chi connectivity index (χ0) is 25.9. The number of ether oxygens (including phenoxy) is 3. The van der Waals surface area contributed by atoms with Gasteiger partial charge in [0.15, 0.2) is 11.6 Å². The number of carbonyl (C=O) groups excluding carboxylic acids is 3. The van der Waals surface area contributed by atoms with Crippen LogP contribution in [0, 0.1) is 5.41 Å². The lowest BCUT2D eigenvalue weighted by Crippen LogP contribution is -2.48. The smallest absolute Gasteiger partial charge is 0.329 e. The largest absolute Gasteiger partial charge is 0.497 e. The number of benzene rings is 3. The average Bonchev–Trinajstić information content (AvgIpc) is 3.38. The first-order valence-electron chi connectivity index (χ1n) is 12.0. The van der Waals surface area contributed by atoms with Crippen molar-refractivity contribution in [3.63, 3.8) is 0 Å². The monoisotopic (exact) mass is 495 g/mol. The number of Topliss-reactive ketones (excluding diaryl/α,β-unsaturated/α-hetero) is 2. The second kappa shape index (κ2) is 8.34. The van der Waals surface area contributed by atoms with Crippen molar-refractivity contribution in [1.29, 1.82) is 0 Å². The number of para-hydroxylation sites is 1. The van der Waals surface area contributed by atoms with Gasteiger partial charge in [-0.2, -0.15) is 0 Å². The fraction of sp³-hybridized carbons (Fsp3) is 0.233. The molecule has 3 atom stereocenters. The van der Waals surface area contributed by atoms with Crippen molar-refractivity contribution < 1.29 is 28.6 Å². The molecule has 0 unspecified atom stereocenters. The Bertz CT molecular complexity index is 1460. The van der Waals surface area contributed by atoms with Crippen LogP contribution in [0.2, 0.25) is 0 Å². The van der Waals surface area contributed by atoms with E-state index in [0.29, 0.717) is 28.2 Å². The first kappa shape index (κ1) is 23.0. The van der Waals surface area contributed by atoms with E-state index in [9.17, 15) is 14.4 Å². The van der Waals surface area contributed by atoms with Gasteiger partial charge in [-0.15, -0.1) is 0 Å². The van der Waals surface area contributed by atoms with Crippen LogP contribution in [-0.4, -0.2) is 50.9 Å². The molecule has 0 radical (unpaired) electrons. The lowest BCUT2D eigenvalue weighted by Gasteiger charge is -2.36. The molecule has 1 aliphatic carbocycles. The molecule has 0 aromatic heterocycles. The third kappa shape index (κ3) is 2.91. The minimum Gasteiger partial charge on any atom is -0.497 e. The molecule has 0 bridgehead atoms. The molecule has 7 heteroatoms. The molecule has 3 aromatic carbocycles. The van der Waals surface area contributed by atoms with Crippen molar-refractivity contribution in [2.75, 3.05) is 26.2 Å². The number of rotatable bonds is 4. The van der Waals surface area contributed by atoms with Crippen LogP contribution in [0.15, 0.2) is 72.8 Å². The molecule has 0 amide bonds. The number of ketones is 2. The summed E-state index contributed by atoms with van der Waals surface area (Å²) in [6.45, 7) is 0. The molecule has 0 N–H and O–H groups in total. The van der Waals surface area contributed by atoms with E-state index in [1.54, 1.807) is 49.6 Å². The maximum Gasteiger partial charge on any atom is 0.329 e. The molecule has 2 heterocycles. The van der Waals surface area contributed by atoms with Gasteiger partial charge < -0.3 is 19.1 Å². The number of anilines is 1. The summed E-state index contributed by atoms with van der Waals surface area (Å²) in [5, 5.41) is 0. The van der Waals surface area contributed by atoms with E-state index in [-0.39, 0.29) is 11.6 Å². The number of esters is 1. The average molecular weight is 496 g/mol. The molecule has 1 spiro atoms. The van der Waals surface area contributed by atoms with Crippen molar-refractivity contribution in [2.45, 2.75) is 18.0 Å². The number of hydrogen-bond donors (Lipinski definition) is 0. The molecule has 3 aliphatic rings. The van der Waals surface area contributed by atoms with Crippen molar-refractivity contribution in [3.8, 4) is 11.5 Å². The Kier molecular flexibility index (Phi) is 5.19. The SMILES string of the molecule is COC(=O)[C@H]1[C@H](c2ccc(OC)cc2OC)C2(C(=O)c3ccccc3C2=O)[C@H]2C=Cc3ccccc3N12. The summed E-state index contributed by atoms with van der Waals surface area (Å²) in [6.07, 6.45) is 3.79. The third-order valence-corrected chi connectivity index (χ3v) is 7.93. The lowest BCUT2D eigenvalue weighted by atomic mass is 9.64.